The van der Waals surface area contributed by atoms with Crippen molar-refractivity contribution in [3.05, 3.63) is 174 Å². The van der Waals surface area contributed by atoms with E-state index in [1.807, 2.05) is 0 Å². The van der Waals surface area contributed by atoms with Gasteiger partial charge in [0.1, 0.15) is 0 Å². The largest absolute Gasteiger partial charge is 0.334 e. The molecule has 5 aromatic rings. The summed E-state index contributed by atoms with van der Waals surface area (Å²) in [7, 11) is 0. The molecule has 0 bridgehead atoms. The Morgan fingerprint density at radius 3 is 2.27 bits per heavy atom. The summed E-state index contributed by atoms with van der Waals surface area (Å²) in [6.45, 7) is 0. The first kappa shape index (κ1) is 25.4. The van der Waals surface area contributed by atoms with Gasteiger partial charge in [-0.2, -0.15) is 0 Å². The number of benzene rings is 4. The van der Waals surface area contributed by atoms with Gasteiger partial charge in [-0.1, -0.05) is 103 Å². The molecule has 3 atom stereocenters. The second-order valence-corrected chi connectivity index (χ2v) is 12.4. The summed E-state index contributed by atoms with van der Waals surface area (Å²) in [6, 6.07) is 37.8. The van der Waals surface area contributed by atoms with Crippen LogP contribution in [0, 0.1) is 11.8 Å². The summed E-state index contributed by atoms with van der Waals surface area (Å²) in [5.41, 5.74) is 12.0. The molecule has 0 saturated carbocycles. The minimum atomic E-state index is 0.348. The Morgan fingerprint density at radius 2 is 1.41 bits per heavy atom. The van der Waals surface area contributed by atoms with Crippen molar-refractivity contribution in [1.29, 1.82) is 0 Å². The van der Waals surface area contributed by atoms with Gasteiger partial charge in [0.05, 0.1) is 17.1 Å². The second-order valence-electron chi connectivity index (χ2n) is 12.4. The van der Waals surface area contributed by atoms with Gasteiger partial charge in [-0.3, -0.25) is 0 Å². The molecule has 1 aromatic heterocycles. The molecule has 0 amide bonds. The standard InChI is InChI=1S/C42H34N2/c1-3-14-33(15-4-1)43-39-20-9-7-18-35(39)37-27-31(22-24-41(37)43)29-12-11-13-30(26-29)32-23-25-42-38(28-32)36-19-8-10-21-40(36)44(42)34-16-5-2-6-17-34/h1-7,9-12,14-18,20-28,30,38,42H,8,13,19H2. The van der Waals surface area contributed by atoms with Crippen LogP contribution in [0.15, 0.2) is 169 Å². The van der Waals surface area contributed by atoms with E-state index in [0.29, 0.717) is 17.9 Å². The van der Waals surface area contributed by atoms with Crippen molar-refractivity contribution in [3.63, 3.8) is 0 Å². The molecule has 1 aliphatic heterocycles. The third-order valence-corrected chi connectivity index (χ3v) is 9.92. The van der Waals surface area contributed by atoms with Gasteiger partial charge in [-0.15, -0.1) is 0 Å². The molecule has 0 radical (unpaired) electrons. The highest BCUT2D eigenvalue weighted by atomic mass is 15.2. The lowest BCUT2D eigenvalue weighted by Crippen LogP contribution is -2.33. The molecule has 3 unspecified atom stereocenters. The first-order valence-corrected chi connectivity index (χ1v) is 15.9. The van der Waals surface area contributed by atoms with Crippen LogP contribution in [0.5, 0.6) is 0 Å². The van der Waals surface area contributed by atoms with Gasteiger partial charge in [-0.05, 0) is 90.1 Å². The van der Waals surface area contributed by atoms with E-state index in [1.54, 1.807) is 5.57 Å². The number of aromatic nitrogens is 1. The van der Waals surface area contributed by atoms with E-state index in [-0.39, 0.29) is 0 Å². The fourth-order valence-electron chi connectivity index (χ4n) is 7.91. The molecule has 9 rings (SSSR count). The molecule has 2 nitrogen and oxygen atoms in total. The van der Waals surface area contributed by atoms with Gasteiger partial charge in [0.25, 0.3) is 0 Å². The molecule has 2 heterocycles. The van der Waals surface area contributed by atoms with Crippen molar-refractivity contribution >= 4 is 33.1 Å². The summed E-state index contributed by atoms with van der Waals surface area (Å²) < 4.78 is 2.39. The summed E-state index contributed by atoms with van der Waals surface area (Å²) in [5.74, 6) is 0.806. The van der Waals surface area contributed by atoms with E-state index in [1.165, 1.54) is 55.6 Å². The molecule has 0 N–H and O–H groups in total. The maximum Gasteiger partial charge on any atom is 0.0626 e. The minimum absolute atomic E-state index is 0.348. The third-order valence-electron chi connectivity index (χ3n) is 9.92. The number of fused-ring (bicyclic) bond motifs is 5. The van der Waals surface area contributed by atoms with E-state index in [0.717, 1.165) is 19.3 Å². The molecule has 0 spiro atoms. The zero-order valence-electron chi connectivity index (χ0n) is 24.7. The van der Waals surface area contributed by atoms with Crippen LogP contribution in [0.4, 0.5) is 5.69 Å². The second kappa shape index (κ2) is 10.3. The number of nitrogens with zero attached hydrogens (tertiary/aromatic N) is 2. The third kappa shape index (κ3) is 4.02. The molecule has 44 heavy (non-hydrogen) atoms. The Labute approximate surface area is 258 Å². The first-order valence-electron chi connectivity index (χ1n) is 15.9. The molecular weight excluding hydrogens is 532 g/mol. The molecule has 4 aliphatic rings. The smallest absolute Gasteiger partial charge is 0.0626 e. The van der Waals surface area contributed by atoms with Gasteiger partial charge in [0, 0.05) is 39.7 Å². The van der Waals surface area contributed by atoms with Gasteiger partial charge in [0.2, 0.25) is 0 Å². The van der Waals surface area contributed by atoms with Crippen LogP contribution in [0.2, 0.25) is 0 Å². The van der Waals surface area contributed by atoms with Gasteiger partial charge in [0.15, 0.2) is 0 Å². The van der Waals surface area contributed by atoms with Crippen LogP contribution in [-0.4, -0.2) is 10.6 Å². The molecule has 3 aliphatic carbocycles. The van der Waals surface area contributed by atoms with Crippen molar-refractivity contribution in [2.24, 2.45) is 11.8 Å². The van der Waals surface area contributed by atoms with Gasteiger partial charge >= 0.3 is 0 Å². The highest BCUT2D eigenvalue weighted by Crippen LogP contribution is 2.47. The van der Waals surface area contributed by atoms with E-state index >= 15 is 0 Å². The van der Waals surface area contributed by atoms with Crippen LogP contribution in [0.25, 0.3) is 33.1 Å². The van der Waals surface area contributed by atoms with Crippen molar-refractivity contribution < 1.29 is 0 Å². The fourth-order valence-corrected chi connectivity index (χ4v) is 7.91. The Hall–Kier alpha value is -5.08. The maximum atomic E-state index is 2.59. The zero-order chi connectivity index (χ0) is 29.0. The van der Waals surface area contributed by atoms with Crippen LogP contribution in [0.3, 0.4) is 0 Å². The zero-order valence-corrected chi connectivity index (χ0v) is 24.7. The molecular formula is C42H34N2. The number of anilines is 1. The average Bonchev–Trinajstić information content (AvgIpc) is 3.61. The monoisotopic (exact) mass is 566 g/mol. The number of para-hydroxylation sites is 3. The van der Waals surface area contributed by atoms with Crippen molar-refractivity contribution in [3.8, 4) is 5.69 Å². The lowest BCUT2D eigenvalue weighted by Gasteiger charge is -2.32. The highest BCUT2D eigenvalue weighted by Gasteiger charge is 2.40. The number of hydrogen-bond donors (Lipinski definition) is 0. The summed E-state index contributed by atoms with van der Waals surface area (Å²) in [4.78, 5) is 2.56. The Bertz CT molecular complexity index is 2100. The van der Waals surface area contributed by atoms with Gasteiger partial charge < -0.3 is 9.47 Å². The topological polar surface area (TPSA) is 8.17 Å². The first-order chi connectivity index (χ1) is 21.8. The Morgan fingerprint density at radius 1 is 0.636 bits per heavy atom. The molecule has 4 aromatic carbocycles. The van der Waals surface area contributed by atoms with Gasteiger partial charge in [-0.25, -0.2) is 0 Å². The quantitative estimate of drug-likeness (QED) is 0.210. The lowest BCUT2D eigenvalue weighted by molar-refractivity contribution is 0.637. The molecule has 0 fully saturated rings. The normalized spacial score (nSPS) is 22.4. The molecule has 2 heteroatoms. The SMILES string of the molecule is C1=CC2=C(CC1)C1C=C(C3C=C(c4ccc5c(c4)c4ccccc4n5-c4ccccc4)C=CC3)C=CC1N2c1ccccc1. The van der Waals surface area contributed by atoms with E-state index in [2.05, 4.69) is 161 Å². The highest BCUT2D eigenvalue weighted by molar-refractivity contribution is 6.10. The summed E-state index contributed by atoms with van der Waals surface area (Å²) in [5, 5.41) is 2.60. The van der Waals surface area contributed by atoms with Crippen LogP contribution in [0.1, 0.15) is 24.8 Å². The minimum Gasteiger partial charge on any atom is -0.334 e. The van der Waals surface area contributed by atoms with Crippen LogP contribution < -0.4 is 4.90 Å². The van der Waals surface area contributed by atoms with Crippen molar-refractivity contribution in [1.82, 2.24) is 4.57 Å². The predicted molar refractivity (Wildman–Crippen MR) is 185 cm³/mol. The predicted octanol–water partition coefficient (Wildman–Crippen LogP) is 10.3. The average molecular weight is 567 g/mol. The fraction of sp³-hybridized carbons (Fsp3) is 0.143. The Balaban J connectivity index is 1.08. The van der Waals surface area contributed by atoms with Crippen LogP contribution in [-0.2, 0) is 0 Å². The van der Waals surface area contributed by atoms with Crippen molar-refractivity contribution in [2.75, 3.05) is 4.90 Å². The number of allylic oxidation sites excluding steroid dienone is 8. The lowest BCUT2D eigenvalue weighted by atomic mass is 9.79. The summed E-state index contributed by atoms with van der Waals surface area (Å²) >= 11 is 0. The van der Waals surface area contributed by atoms with Crippen molar-refractivity contribution in [2.45, 2.75) is 25.3 Å². The Kier molecular flexibility index (Phi) is 5.94. The number of rotatable bonds is 4. The maximum absolute atomic E-state index is 2.59. The molecule has 212 valence electrons. The van der Waals surface area contributed by atoms with E-state index in [9.17, 15) is 0 Å². The van der Waals surface area contributed by atoms with E-state index < -0.39 is 0 Å². The van der Waals surface area contributed by atoms with Crippen LogP contribution >= 0.6 is 0 Å². The van der Waals surface area contributed by atoms with E-state index in [4.69, 9.17) is 0 Å². The number of hydrogen-bond acceptors (Lipinski definition) is 1. The molecule has 0 saturated heterocycles. The summed E-state index contributed by atoms with van der Waals surface area (Å²) in [6.07, 6.45) is 22.7.